The second-order valence-electron chi connectivity index (χ2n) is 4.46. The molecule has 92 valence electrons. The molecule has 4 rings (SSSR count). The van der Waals surface area contributed by atoms with Crippen molar-refractivity contribution in [2.45, 2.75) is 0 Å². The van der Waals surface area contributed by atoms with Crippen molar-refractivity contribution in [2.75, 3.05) is 0 Å². The first-order valence-corrected chi connectivity index (χ1v) is 7.32. The Balaban J connectivity index is 0.000000151. The van der Waals surface area contributed by atoms with Crippen LogP contribution in [0.5, 0.6) is 0 Å². The van der Waals surface area contributed by atoms with Gasteiger partial charge in [0.25, 0.3) is 0 Å². The summed E-state index contributed by atoms with van der Waals surface area (Å²) in [5, 5.41) is 0. The molecule has 0 radical (unpaired) electrons. The van der Waals surface area contributed by atoms with E-state index in [9.17, 15) is 0 Å². The van der Waals surface area contributed by atoms with Crippen molar-refractivity contribution < 1.29 is 0 Å². The topological polar surface area (TPSA) is 0 Å². The van der Waals surface area contributed by atoms with E-state index in [-0.39, 0.29) is 0 Å². The fourth-order valence-corrected chi connectivity index (χ4v) is 2.52. The number of hydrogen-bond donors (Lipinski definition) is 0. The van der Waals surface area contributed by atoms with Gasteiger partial charge >= 0.3 is 0 Å². The number of hydrogen-bond acceptors (Lipinski definition) is 0. The van der Waals surface area contributed by atoms with Crippen LogP contribution in [-0.4, -0.2) is 0 Å². The summed E-state index contributed by atoms with van der Waals surface area (Å²) in [5.41, 5.74) is 5.42. The largest absolute Gasteiger partial charge is 0.0622 e. The fourth-order valence-electron chi connectivity index (χ4n) is 1.97. The summed E-state index contributed by atoms with van der Waals surface area (Å²) in [6.45, 7) is 0. The van der Waals surface area contributed by atoms with E-state index in [1.54, 1.807) is 0 Å². The van der Waals surface area contributed by atoms with E-state index < -0.39 is 0 Å². The summed E-state index contributed by atoms with van der Waals surface area (Å²) in [7, 11) is 0. The minimum atomic E-state index is 1.28. The maximum absolute atomic E-state index is 2.33. The smallest absolute Gasteiger partial charge is 0.0136 e. The third-order valence-corrected chi connectivity index (χ3v) is 3.72. The summed E-state index contributed by atoms with van der Waals surface area (Å²) < 4.78 is 1.28. The molecule has 0 saturated heterocycles. The molecule has 0 N–H and O–H groups in total. The molecule has 0 unspecified atom stereocenters. The van der Waals surface area contributed by atoms with Gasteiger partial charge in [-0.2, -0.15) is 0 Å². The van der Waals surface area contributed by atoms with Gasteiger partial charge in [0.05, 0.1) is 0 Å². The van der Waals surface area contributed by atoms with Crippen LogP contribution in [0.4, 0.5) is 0 Å². The molecular formula is C18H13I. The van der Waals surface area contributed by atoms with E-state index in [4.69, 9.17) is 0 Å². The molecule has 0 aromatic heterocycles. The highest BCUT2D eigenvalue weighted by atomic mass is 127. The van der Waals surface area contributed by atoms with Crippen LogP contribution < -0.4 is 0 Å². The van der Waals surface area contributed by atoms with Gasteiger partial charge in [-0.1, -0.05) is 60.7 Å². The Kier molecular flexibility index (Phi) is 3.65. The van der Waals surface area contributed by atoms with Gasteiger partial charge in [-0.05, 0) is 63.0 Å². The Morgan fingerprint density at radius 2 is 1.00 bits per heavy atom. The molecule has 0 bridgehead atoms. The molecule has 2 aliphatic carbocycles. The first-order valence-electron chi connectivity index (χ1n) is 6.24. The molecule has 0 saturated carbocycles. The molecule has 19 heavy (non-hydrogen) atoms. The maximum Gasteiger partial charge on any atom is 0.0136 e. The predicted molar refractivity (Wildman–Crippen MR) is 90.0 cm³/mol. The van der Waals surface area contributed by atoms with Crippen molar-refractivity contribution in [1.29, 1.82) is 0 Å². The van der Waals surface area contributed by atoms with Crippen molar-refractivity contribution in [2.24, 2.45) is 0 Å². The van der Waals surface area contributed by atoms with E-state index in [1.807, 2.05) is 6.07 Å². The summed E-state index contributed by atoms with van der Waals surface area (Å²) in [6.07, 6.45) is 0. The van der Waals surface area contributed by atoms with Crippen molar-refractivity contribution in [3.63, 3.8) is 0 Å². The van der Waals surface area contributed by atoms with Gasteiger partial charge in [-0.15, -0.1) is 0 Å². The molecule has 0 atom stereocenters. The van der Waals surface area contributed by atoms with E-state index in [0.29, 0.717) is 0 Å². The van der Waals surface area contributed by atoms with Crippen molar-refractivity contribution >= 4 is 22.6 Å². The number of benzene rings is 3. The lowest BCUT2D eigenvalue weighted by Gasteiger charge is -2.00. The maximum atomic E-state index is 2.33. The van der Waals surface area contributed by atoms with Crippen molar-refractivity contribution in [3.8, 4) is 22.3 Å². The Hall–Kier alpha value is -1.61. The highest BCUT2D eigenvalue weighted by molar-refractivity contribution is 14.1. The molecule has 2 aromatic carbocycles. The first-order chi connectivity index (χ1) is 9.33. The third-order valence-electron chi connectivity index (χ3n) is 3.04. The molecule has 0 heterocycles. The second kappa shape index (κ2) is 5.57. The molecule has 2 aliphatic rings. The van der Waals surface area contributed by atoms with Gasteiger partial charge in [0, 0.05) is 3.57 Å². The van der Waals surface area contributed by atoms with E-state index in [1.165, 1.54) is 25.8 Å². The SMILES string of the molecule is Ic1cccc(-c2ccccc2)c1.c1cc2cc-2c1. The van der Waals surface area contributed by atoms with Crippen LogP contribution in [-0.2, 0) is 0 Å². The van der Waals surface area contributed by atoms with E-state index in [2.05, 4.69) is 95.4 Å². The van der Waals surface area contributed by atoms with Crippen LogP contribution in [0.25, 0.3) is 22.3 Å². The number of fused-ring (bicyclic) bond motifs is 1. The van der Waals surface area contributed by atoms with Crippen LogP contribution in [0.1, 0.15) is 0 Å². The monoisotopic (exact) mass is 356 g/mol. The zero-order valence-electron chi connectivity index (χ0n) is 10.4. The summed E-state index contributed by atoms with van der Waals surface area (Å²) >= 11 is 2.33. The van der Waals surface area contributed by atoms with Gasteiger partial charge < -0.3 is 0 Å². The van der Waals surface area contributed by atoms with Gasteiger partial charge in [-0.25, -0.2) is 0 Å². The van der Waals surface area contributed by atoms with Crippen LogP contribution in [0.15, 0.2) is 78.9 Å². The van der Waals surface area contributed by atoms with Gasteiger partial charge in [-0.3, -0.25) is 0 Å². The third kappa shape index (κ3) is 3.24. The fraction of sp³-hybridized carbons (Fsp3) is 0. The molecule has 1 heteroatoms. The summed E-state index contributed by atoms with van der Waals surface area (Å²) in [5.74, 6) is 0. The normalized spacial score (nSPS) is 10.4. The first kappa shape index (κ1) is 12.4. The second-order valence-corrected chi connectivity index (χ2v) is 5.70. The van der Waals surface area contributed by atoms with Crippen molar-refractivity contribution in [1.82, 2.24) is 0 Å². The Bertz CT molecular complexity index is 670. The molecule has 0 fully saturated rings. The van der Waals surface area contributed by atoms with Crippen molar-refractivity contribution in [3.05, 3.63) is 82.4 Å². The average molecular weight is 356 g/mol. The quantitative estimate of drug-likeness (QED) is 0.388. The Morgan fingerprint density at radius 3 is 1.53 bits per heavy atom. The number of rotatable bonds is 1. The van der Waals surface area contributed by atoms with E-state index >= 15 is 0 Å². The lowest BCUT2D eigenvalue weighted by molar-refractivity contribution is 1.59. The zero-order chi connectivity index (χ0) is 13.1. The lowest BCUT2D eigenvalue weighted by atomic mass is 10.1. The zero-order valence-corrected chi connectivity index (χ0v) is 12.5. The molecule has 0 spiro atoms. The standard InChI is InChI=1S/C12H9I.C6H4/c13-12-8-4-7-11(9-12)10-5-2-1-3-6-10;1-2-5-4-6(5)3-1/h1-9H;1-4H. The van der Waals surface area contributed by atoms with Crippen LogP contribution in [0.3, 0.4) is 0 Å². The summed E-state index contributed by atoms with van der Waals surface area (Å²) in [6, 6.07) is 27.4. The molecular weight excluding hydrogens is 343 g/mol. The highest BCUT2D eigenvalue weighted by Gasteiger charge is 2.06. The molecule has 0 amide bonds. The summed E-state index contributed by atoms with van der Waals surface area (Å²) in [4.78, 5) is 0. The van der Waals surface area contributed by atoms with Gasteiger partial charge in [0.15, 0.2) is 0 Å². The minimum Gasteiger partial charge on any atom is -0.0622 e. The Morgan fingerprint density at radius 1 is 0.474 bits per heavy atom. The van der Waals surface area contributed by atoms with Crippen LogP contribution >= 0.6 is 22.6 Å². The number of halogens is 1. The van der Waals surface area contributed by atoms with Crippen LogP contribution in [0.2, 0.25) is 0 Å². The molecule has 2 aromatic rings. The predicted octanol–water partition coefficient (Wildman–Crippen LogP) is 5.63. The Labute approximate surface area is 127 Å². The van der Waals surface area contributed by atoms with E-state index in [0.717, 1.165) is 0 Å². The van der Waals surface area contributed by atoms with Crippen LogP contribution in [0, 0.1) is 3.57 Å². The van der Waals surface area contributed by atoms with Gasteiger partial charge in [0.1, 0.15) is 0 Å². The molecule has 0 aliphatic heterocycles. The molecule has 0 nitrogen and oxygen atoms in total. The highest BCUT2D eigenvalue weighted by Crippen LogP contribution is 2.32. The minimum absolute atomic E-state index is 1.28. The average Bonchev–Trinajstić information content (AvgIpc) is 3.07. The van der Waals surface area contributed by atoms with Gasteiger partial charge in [0.2, 0.25) is 0 Å². The lowest BCUT2D eigenvalue weighted by Crippen LogP contribution is -1.77.